The van der Waals surface area contributed by atoms with Gasteiger partial charge in [0.05, 0.1) is 6.61 Å². The number of rotatable bonds is 8. The molecule has 29 heavy (non-hydrogen) atoms. The molecule has 0 aliphatic heterocycles. The second-order valence-corrected chi connectivity index (χ2v) is 7.83. The molecule has 6 N–H and O–H groups in total. The Morgan fingerprint density at radius 3 is 2.86 bits per heavy atom. The average Bonchev–Trinajstić information content (AvgIpc) is 3.09. The minimum absolute atomic E-state index is 0.173. The molecule has 0 radical (unpaired) electrons. The van der Waals surface area contributed by atoms with Crippen molar-refractivity contribution in [2.24, 2.45) is 5.73 Å². The summed E-state index contributed by atoms with van der Waals surface area (Å²) in [6, 6.07) is 7.66. The molecule has 2 unspecified atom stereocenters. The number of nitrogens with one attached hydrogen (secondary N) is 1. The van der Waals surface area contributed by atoms with Crippen LogP contribution in [0.1, 0.15) is 55.2 Å². The minimum Gasteiger partial charge on any atom is -0.507 e. The molecule has 0 amide bonds. The molecule has 1 saturated carbocycles. The van der Waals surface area contributed by atoms with Gasteiger partial charge in [-0.15, -0.1) is 0 Å². The third-order valence-electron chi connectivity index (χ3n) is 6.09. The molecule has 0 bridgehead atoms. The number of phenols is 1. The quantitative estimate of drug-likeness (QED) is 0.542. The number of hydrogen-bond acceptors (Lipinski definition) is 5. The fourth-order valence-electron chi connectivity index (χ4n) is 4.50. The van der Waals surface area contributed by atoms with Gasteiger partial charge in [0.15, 0.2) is 0 Å². The maximum Gasteiger partial charge on any atom is 0.124 e. The van der Waals surface area contributed by atoms with Crippen molar-refractivity contribution in [3.05, 3.63) is 47.2 Å². The Hall–Kier alpha value is -2.44. The lowest BCUT2D eigenvalue weighted by molar-refractivity contribution is 0.102. The van der Waals surface area contributed by atoms with Crippen molar-refractivity contribution in [1.29, 1.82) is 0 Å². The van der Waals surface area contributed by atoms with Gasteiger partial charge in [-0.1, -0.05) is 25.5 Å². The van der Waals surface area contributed by atoms with Gasteiger partial charge >= 0.3 is 0 Å². The van der Waals surface area contributed by atoms with Gasteiger partial charge in [-0.05, 0) is 55.5 Å². The van der Waals surface area contributed by atoms with E-state index >= 15 is 0 Å². The summed E-state index contributed by atoms with van der Waals surface area (Å²) in [6.45, 7) is 4.97. The Bertz CT molecular complexity index is 830. The van der Waals surface area contributed by atoms with E-state index in [0.717, 1.165) is 38.1 Å². The summed E-state index contributed by atoms with van der Waals surface area (Å²) in [7, 11) is 1.76. The first kappa shape index (κ1) is 21.3. The Morgan fingerprint density at radius 2 is 2.14 bits per heavy atom. The van der Waals surface area contributed by atoms with Crippen molar-refractivity contribution in [1.82, 2.24) is 9.88 Å². The molecule has 3 rings (SSSR count). The van der Waals surface area contributed by atoms with E-state index < -0.39 is 0 Å². The van der Waals surface area contributed by atoms with Crippen molar-refractivity contribution >= 4 is 17.6 Å². The number of aromatic amines is 1. The van der Waals surface area contributed by atoms with Crippen LogP contribution < -0.4 is 11.5 Å². The summed E-state index contributed by atoms with van der Waals surface area (Å²) in [5, 5.41) is 10.1. The number of anilines is 1. The number of ether oxygens (including phenoxy) is 1. The van der Waals surface area contributed by atoms with E-state index in [4.69, 9.17) is 16.2 Å². The zero-order valence-electron chi connectivity index (χ0n) is 17.5. The summed E-state index contributed by atoms with van der Waals surface area (Å²) < 4.78 is 5.29. The lowest BCUT2D eigenvalue weighted by Crippen LogP contribution is -2.40. The monoisotopic (exact) mass is 398 g/mol. The highest BCUT2D eigenvalue weighted by Crippen LogP contribution is 2.39. The van der Waals surface area contributed by atoms with Crippen LogP contribution in [0, 0.1) is 0 Å². The van der Waals surface area contributed by atoms with Crippen molar-refractivity contribution in [3.63, 3.8) is 0 Å². The summed E-state index contributed by atoms with van der Waals surface area (Å²) in [5.41, 5.74) is 15.9. The van der Waals surface area contributed by atoms with Crippen LogP contribution in [0.3, 0.4) is 0 Å². The zero-order chi connectivity index (χ0) is 20.8. The highest BCUT2D eigenvalue weighted by molar-refractivity contribution is 5.85. The molecule has 1 aromatic carbocycles. The van der Waals surface area contributed by atoms with E-state index in [2.05, 4.69) is 16.8 Å². The van der Waals surface area contributed by atoms with E-state index in [0.29, 0.717) is 29.0 Å². The van der Waals surface area contributed by atoms with E-state index in [1.54, 1.807) is 19.2 Å². The molecule has 2 aromatic rings. The SMILES string of the molecule is CCN(CCOC)C1CCCC(c2c[nH]c(N)c2/C=C(\N)c2ccccc2O)C1. The van der Waals surface area contributed by atoms with Crippen molar-refractivity contribution in [2.75, 3.05) is 32.5 Å². The molecule has 1 aromatic heterocycles. The van der Waals surface area contributed by atoms with Gasteiger partial charge in [-0.25, -0.2) is 0 Å². The molecule has 0 saturated heterocycles. The third-order valence-corrected chi connectivity index (χ3v) is 6.09. The largest absolute Gasteiger partial charge is 0.507 e. The number of hydrogen-bond donors (Lipinski definition) is 4. The topological polar surface area (TPSA) is 101 Å². The number of benzene rings is 1. The molecule has 158 valence electrons. The number of phenolic OH excluding ortho intramolecular Hbond substituents is 1. The van der Waals surface area contributed by atoms with E-state index in [1.807, 2.05) is 24.4 Å². The first-order valence-corrected chi connectivity index (χ1v) is 10.5. The molecule has 0 spiro atoms. The van der Waals surface area contributed by atoms with Gasteiger partial charge in [-0.2, -0.15) is 0 Å². The van der Waals surface area contributed by atoms with Gasteiger partial charge in [-0.3, -0.25) is 4.90 Å². The number of para-hydroxylation sites is 1. The number of aromatic hydroxyl groups is 1. The molecule has 6 heteroatoms. The maximum absolute atomic E-state index is 10.1. The standard InChI is InChI=1S/C23H34N4O2/c1-3-27(11-12-29-2)17-8-6-7-16(13-17)20-15-26-23(25)19(20)14-21(24)18-9-4-5-10-22(18)28/h4-5,9-10,14-17,26,28H,3,6-8,11-13,24-25H2,1-2H3/b21-14-. The van der Waals surface area contributed by atoms with Crippen molar-refractivity contribution in [3.8, 4) is 5.75 Å². The highest BCUT2D eigenvalue weighted by Gasteiger charge is 2.29. The minimum atomic E-state index is 0.173. The molecule has 1 aliphatic carbocycles. The van der Waals surface area contributed by atoms with Crippen LogP contribution >= 0.6 is 0 Å². The molecule has 1 heterocycles. The first-order chi connectivity index (χ1) is 14.0. The number of nitrogen functional groups attached to an aromatic ring is 1. The lowest BCUT2D eigenvalue weighted by atomic mass is 9.80. The van der Waals surface area contributed by atoms with Crippen LogP contribution in [-0.4, -0.2) is 47.8 Å². The summed E-state index contributed by atoms with van der Waals surface area (Å²) in [4.78, 5) is 5.71. The van der Waals surface area contributed by atoms with Crippen molar-refractivity contribution < 1.29 is 9.84 Å². The second-order valence-electron chi connectivity index (χ2n) is 7.83. The molecular formula is C23H34N4O2. The number of H-pyrrole nitrogens is 1. The Morgan fingerprint density at radius 1 is 1.34 bits per heavy atom. The third kappa shape index (κ3) is 4.95. The first-order valence-electron chi connectivity index (χ1n) is 10.5. The molecule has 2 atom stereocenters. The lowest BCUT2D eigenvalue weighted by Gasteiger charge is -2.37. The molecule has 1 fully saturated rings. The van der Waals surface area contributed by atoms with E-state index in [9.17, 15) is 5.11 Å². The van der Waals surface area contributed by atoms with Crippen LogP contribution in [-0.2, 0) is 4.74 Å². The number of nitrogens with two attached hydrogens (primary N) is 2. The zero-order valence-corrected chi connectivity index (χ0v) is 17.5. The summed E-state index contributed by atoms with van der Waals surface area (Å²) >= 11 is 0. The summed E-state index contributed by atoms with van der Waals surface area (Å²) in [6.07, 6.45) is 8.58. The number of likely N-dealkylation sites (N-methyl/N-ethyl adjacent to an activating group) is 1. The van der Waals surface area contributed by atoms with Crippen molar-refractivity contribution in [2.45, 2.75) is 44.6 Å². The smallest absolute Gasteiger partial charge is 0.124 e. The normalized spacial score (nSPS) is 20.3. The number of aromatic nitrogens is 1. The second kappa shape index (κ2) is 9.85. The van der Waals surface area contributed by atoms with Gasteiger partial charge in [0.1, 0.15) is 11.6 Å². The molecular weight excluding hydrogens is 364 g/mol. The van der Waals surface area contributed by atoms with E-state index in [1.165, 1.54) is 18.4 Å². The van der Waals surface area contributed by atoms with Gasteiger partial charge in [0.25, 0.3) is 0 Å². The fourth-order valence-corrected chi connectivity index (χ4v) is 4.50. The Kier molecular flexibility index (Phi) is 7.23. The summed E-state index contributed by atoms with van der Waals surface area (Å²) in [5.74, 6) is 1.22. The Labute approximate surface area is 173 Å². The predicted octanol–water partition coefficient (Wildman–Crippen LogP) is 3.75. The molecule has 1 aliphatic rings. The maximum atomic E-state index is 10.1. The number of nitrogens with zero attached hydrogens (tertiary/aromatic N) is 1. The predicted molar refractivity (Wildman–Crippen MR) is 119 cm³/mol. The average molecular weight is 399 g/mol. The highest BCUT2D eigenvalue weighted by atomic mass is 16.5. The van der Waals surface area contributed by atoms with Crippen LogP contribution in [0.5, 0.6) is 5.75 Å². The van der Waals surface area contributed by atoms with Gasteiger partial charge in [0, 0.05) is 42.7 Å². The number of methoxy groups -OCH3 is 1. The fraction of sp³-hybridized carbons (Fsp3) is 0.478. The van der Waals surface area contributed by atoms with Crippen LogP contribution in [0.15, 0.2) is 30.5 Å². The van der Waals surface area contributed by atoms with Crippen LogP contribution in [0.25, 0.3) is 11.8 Å². The van der Waals surface area contributed by atoms with Gasteiger partial charge in [0.2, 0.25) is 0 Å². The van der Waals surface area contributed by atoms with E-state index in [-0.39, 0.29) is 5.75 Å². The van der Waals surface area contributed by atoms with Gasteiger partial charge < -0.3 is 26.3 Å². The molecule has 6 nitrogen and oxygen atoms in total. The van der Waals surface area contributed by atoms with Crippen LogP contribution in [0.2, 0.25) is 0 Å². The Balaban J connectivity index is 1.83. The van der Waals surface area contributed by atoms with Crippen LogP contribution in [0.4, 0.5) is 5.82 Å².